The Morgan fingerprint density at radius 3 is 2.95 bits per heavy atom. The van der Waals surface area contributed by atoms with E-state index in [9.17, 15) is 10.1 Å². The van der Waals surface area contributed by atoms with Crippen molar-refractivity contribution in [3.8, 4) is 5.69 Å². The summed E-state index contributed by atoms with van der Waals surface area (Å²) in [5.41, 5.74) is 1.42. The number of nitrogens with zero attached hydrogens (tertiary/aromatic N) is 3. The van der Waals surface area contributed by atoms with Crippen LogP contribution in [0.1, 0.15) is 5.69 Å². The van der Waals surface area contributed by atoms with Gasteiger partial charge in [0, 0.05) is 32.5 Å². The normalized spacial score (nSPS) is 10.8. The minimum absolute atomic E-state index is 0.0905. The van der Waals surface area contributed by atoms with Crippen LogP contribution in [0.5, 0.6) is 0 Å². The van der Waals surface area contributed by atoms with E-state index in [1.165, 1.54) is 12.1 Å². The van der Waals surface area contributed by atoms with Gasteiger partial charge in [0.25, 0.3) is 5.69 Å². The molecule has 0 amide bonds. The zero-order valence-corrected chi connectivity index (χ0v) is 12.2. The van der Waals surface area contributed by atoms with E-state index in [-0.39, 0.29) is 10.7 Å². The van der Waals surface area contributed by atoms with Gasteiger partial charge < -0.3 is 10.1 Å². The summed E-state index contributed by atoms with van der Waals surface area (Å²) in [6.07, 6.45) is 1.78. The first kappa shape index (κ1) is 15.4. The van der Waals surface area contributed by atoms with Gasteiger partial charge >= 0.3 is 0 Å². The van der Waals surface area contributed by atoms with Crippen LogP contribution in [0.3, 0.4) is 0 Å². The first-order chi connectivity index (χ1) is 10.1. The number of aromatic nitrogens is 2. The molecule has 0 aliphatic rings. The lowest BCUT2D eigenvalue weighted by Gasteiger charge is -2.03. The van der Waals surface area contributed by atoms with Crippen molar-refractivity contribution in [2.75, 3.05) is 20.3 Å². The fourth-order valence-corrected chi connectivity index (χ4v) is 2.02. The van der Waals surface area contributed by atoms with Crippen LogP contribution in [-0.4, -0.2) is 35.0 Å². The highest BCUT2D eigenvalue weighted by Crippen LogP contribution is 2.26. The molecule has 0 saturated carbocycles. The maximum absolute atomic E-state index is 10.7. The molecule has 0 bridgehead atoms. The van der Waals surface area contributed by atoms with E-state index >= 15 is 0 Å². The molecule has 8 heteroatoms. The van der Waals surface area contributed by atoms with Crippen molar-refractivity contribution < 1.29 is 9.66 Å². The van der Waals surface area contributed by atoms with Gasteiger partial charge in [-0.15, -0.1) is 0 Å². The van der Waals surface area contributed by atoms with Crippen molar-refractivity contribution in [3.63, 3.8) is 0 Å². The van der Waals surface area contributed by atoms with Crippen molar-refractivity contribution in [3.05, 3.63) is 51.3 Å². The Hall–Kier alpha value is -1.96. The van der Waals surface area contributed by atoms with Gasteiger partial charge in [-0.25, -0.2) is 4.68 Å². The maximum atomic E-state index is 10.7. The van der Waals surface area contributed by atoms with E-state index in [1.54, 1.807) is 24.1 Å². The van der Waals surface area contributed by atoms with Gasteiger partial charge in [-0.3, -0.25) is 10.1 Å². The van der Waals surface area contributed by atoms with Gasteiger partial charge in [0.1, 0.15) is 5.02 Å². The van der Waals surface area contributed by atoms with Crippen LogP contribution in [-0.2, 0) is 11.3 Å². The van der Waals surface area contributed by atoms with E-state index in [0.29, 0.717) is 18.8 Å². The fraction of sp³-hybridized carbons (Fsp3) is 0.308. The third-order valence-electron chi connectivity index (χ3n) is 2.83. The van der Waals surface area contributed by atoms with Crippen LogP contribution < -0.4 is 5.32 Å². The highest BCUT2D eigenvalue weighted by molar-refractivity contribution is 6.32. The molecule has 1 aromatic heterocycles. The minimum atomic E-state index is -0.514. The predicted octanol–water partition coefficient (Wildman–Crippen LogP) is 2.17. The number of methoxy groups -OCH3 is 1. The third-order valence-corrected chi connectivity index (χ3v) is 3.13. The Morgan fingerprint density at radius 2 is 2.29 bits per heavy atom. The highest BCUT2D eigenvalue weighted by Gasteiger charge is 2.13. The molecule has 0 atom stereocenters. The first-order valence-electron chi connectivity index (χ1n) is 6.30. The molecule has 0 unspecified atom stereocenters. The minimum Gasteiger partial charge on any atom is -0.383 e. The summed E-state index contributed by atoms with van der Waals surface area (Å²) in [6, 6.07) is 6.37. The van der Waals surface area contributed by atoms with Crippen molar-refractivity contribution in [1.82, 2.24) is 15.1 Å². The third kappa shape index (κ3) is 4.01. The smallest absolute Gasteiger partial charge is 0.288 e. The zero-order chi connectivity index (χ0) is 15.2. The van der Waals surface area contributed by atoms with Gasteiger partial charge in [-0.05, 0) is 18.2 Å². The van der Waals surface area contributed by atoms with Crippen LogP contribution in [0.2, 0.25) is 5.02 Å². The molecule has 0 fully saturated rings. The summed E-state index contributed by atoms with van der Waals surface area (Å²) in [5, 5.41) is 18.4. The number of nitro groups is 1. The molecule has 21 heavy (non-hydrogen) atoms. The first-order valence-corrected chi connectivity index (χ1v) is 6.68. The molecule has 112 valence electrons. The van der Waals surface area contributed by atoms with E-state index in [2.05, 4.69) is 10.4 Å². The second kappa shape index (κ2) is 7.16. The van der Waals surface area contributed by atoms with Crippen molar-refractivity contribution >= 4 is 17.3 Å². The van der Waals surface area contributed by atoms with E-state index < -0.39 is 4.92 Å². The number of benzene rings is 1. The van der Waals surface area contributed by atoms with E-state index in [0.717, 1.165) is 12.2 Å². The van der Waals surface area contributed by atoms with Crippen LogP contribution in [0, 0.1) is 10.1 Å². The molecule has 0 spiro atoms. The van der Waals surface area contributed by atoms with Gasteiger partial charge in [0.2, 0.25) is 0 Å². The largest absolute Gasteiger partial charge is 0.383 e. The number of nitro benzene ring substituents is 1. The van der Waals surface area contributed by atoms with Crippen LogP contribution in [0.15, 0.2) is 30.5 Å². The molecule has 0 radical (unpaired) electrons. The van der Waals surface area contributed by atoms with Gasteiger partial charge in [-0.1, -0.05) is 11.6 Å². The quantitative estimate of drug-likeness (QED) is 0.481. The standard InChI is InChI=1S/C13H15ClN4O3/c1-21-7-5-15-9-10-4-6-17(16-10)11-2-3-13(18(19)20)12(14)8-11/h2-4,6,8,15H,5,7,9H2,1H3. The number of halogens is 1. The average molecular weight is 311 g/mol. The topological polar surface area (TPSA) is 82.2 Å². The molecule has 7 nitrogen and oxygen atoms in total. The second-order valence-electron chi connectivity index (χ2n) is 4.31. The van der Waals surface area contributed by atoms with Gasteiger partial charge in [0.05, 0.1) is 22.9 Å². The number of nitrogens with one attached hydrogen (secondary N) is 1. The van der Waals surface area contributed by atoms with Crippen LogP contribution in [0.25, 0.3) is 5.69 Å². The van der Waals surface area contributed by atoms with Crippen LogP contribution in [0.4, 0.5) is 5.69 Å². The van der Waals surface area contributed by atoms with Crippen LogP contribution >= 0.6 is 11.6 Å². The summed E-state index contributed by atoms with van der Waals surface area (Å²) >= 11 is 5.89. The zero-order valence-electron chi connectivity index (χ0n) is 11.5. The van der Waals surface area contributed by atoms with Gasteiger partial charge in [-0.2, -0.15) is 5.10 Å². The molecular formula is C13H15ClN4O3. The van der Waals surface area contributed by atoms with Gasteiger partial charge in [0.15, 0.2) is 0 Å². The molecule has 1 aromatic carbocycles. The molecule has 1 N–H and O–H groups in total. The second-order valence-corrected chi connectivity index (χ2v) is 4.72. The Labute approximate surface area is 126 Å². The number of rotatable bonds is 7. The van der Waals surface area contributed by atoms with Crippen molar-refractivity contribution in [2.45, 2.75) is 6.54 Å². The van der Waals surface area contributed by atoms with E-state index in [4.69, 9.17) is 16.3 Å². The SMILES string of the molecule is COCCNCc1ccn(-c2ccc([N+](=O)[O-])c(Cl)c2)n1. The Balaban J connectivity index is 2.07. The summed E-state index contributed by atoms with van der Waals surface area (Å²) in [7, 11) is 1.65. The molecule has 0 aliphatic carbocycles. The maximum Gasteiger partial charge on any atom is 0.288 e. The molecule has 2 aromatic rings. The molecule has 2 rings (SSSR count). The Morgan fingerprint density at radius 1 is 1.48 bits per heavy atom. The van der Waals surface area contributed by atoms with Crippen molar-refractivity contribution in [1.29, 1.82) is 0 Å². The summed E-state index contributed by atoms with van der Waals surface area (Å²) in [5.74, 6) is 0. The number of ether oxygens (including phenoxy) is 1. The predicted molar refractivity (Wildman–Crippen MR) is 78.8 cm³/mol. The lowest BCUT2D eigenvalue weighted by molar-refractivity contribution is -0.384. The Bertz CT molecular complexity index is 630. The molecule has 0 aliphatic heterocycles. The monoisotopic (exact) mass is 310 g/mol. The highest BCUT2D eigenvalue weighted by atomic mass is 35.5. The number of hydrogen-bond donors (Lipinski definition) is 1. The summed E-state index contributed by atoms with van der Waals surface area (Å²) in [6.45, 7) is 2.00. The number of hydrogen-bond acceptors (Lipinski definition) is 5. The summed E-state index contributed by atoms with van der Waals surface area (Å²) < 4.78 is 6.57. The van der Waals surface area contributed by atoms with E-state index in [1.807, 2.05) is 6.07 Å². The molecule has 1 heterocycles. The average Bonchev–Trinajstić information content (AvgIpc) is 2.92. The Kier molecular flexibility index (Phi) is 5.26. The molecule has 0 saturated heterocycles. The van der Waals surface area contributed by atoms with Crippen molar-refractivity contribution in [2.24, 2.45) is 0 Å². The lowest BCUT2D eigenvalue weighted by Crippen LogP contribution is -2.18. The fourth-order valence-electron chi connectivity index (χ4n) is 1.78. The summed E-state index contributed by atoms with van der Waals surface area (Å²) in [4.78, 5) is 10.2. The molecular weight excluding hydrogens is 296 g/mol. The lowest BCUT2D eigenvalue weighted by atomic mass is 10.3.